The second kappa shape index (κ2) is 6.94. The molecule has 0 amide bonds. The van der Waals surface area contributed by atoms with Crippen molar-refractivity contribution in [1.29, 1.82) is 0 Å². The molecule has 0 aliphatic carbocycles. The summed E-state index contributed by atoms with van der Waals surface area (Å²) in [5, 5.41) is 4.01. The Bertz CT molecular complexity index is 1060. The molecule has 0 fully saturated rings. The number of hydrogen-bond acceptors (Lipinski definition) is 4. The lowest BCUT2D eigenvalue weighted by atomic mass is 9.92. The zero-order valence-electron chi connectivity index (χ0n) is 16.2. The molecule has 3 aromatic rings. The molecule has 3 rings (SSSR count). The van der Waals surface area contributed by atoms with Gasteiger partial charge in [0.15, 0.2) is 0 Å². The standard InChI is InChI=1S/C21H24N2O3S/c1-14-8-6-11-19(12-14)27(24,25)23-21(4,5)18-10-7-9-17(13-18)20-15(2)22-26-16(20)3/h6-13,23H,1-5H3. The van der Waals surface area contributed by atoms with Crippen molar-refractivity contribution >= 4 is 10.0 Å². The number of benzene rings is 2. The average molecular weight is 385 g/mol. The van der Waals surface area contributed by atoms with Crippen molar-refractivity contribution < 1.29 is 12.9 Å². The maximum atomic E-state index is 12.9. The van der Waals surface area contributed by atoms with Crippen LogP contribution in [0.5, 0.6) is 0 Å². The fourth-order valence-corrected chi connectivity index (χ4v) is 4.70. The summed E-state index contributed by atoms with van der Waals surface area (Å²) >= 11 is 0. The van der Waals surface area contributed by atoms with Crippen LogP contribution in [0.3, 0.4) is 0 Å². The Balaban J connectivity index is 1.97. The molecule has 142 valence electrons. The van der Waals surface area contributed by atoms with Crippen LogP contribution in [0.2, 0.25) is 0 Å². The van der Waals surface area contributed by atoms with Crippen molar-refractivity contribution in [3.8, 4) is 11.1 Å². The van der Waals surface area contributed by atoms with Gasteiger partial charge in [-0.25, -0.2) is 13.1 Å². The van der Waals surface area contributed by atoms with Crippen molar-refractivity contribution in [3.05, 3.63) is 71.1 Å². The van der Waals surface area contributed by atoms with Gasteiger partial charge < -0.3 is 4.52 Å². The number of hydrogen-bond donors (Lipinski definition) is 1. The molecule has 1 heterocycles. The first-order chi connectivity index (χ1) is 12.6. The molecule has 0 aliphatic heterocycles. The van der Waals surface area contributed by atoms with Crippen LogP contribution in [0.15, 0.2) is 57.9 Å². The van der Waals surface area contributed by atoms with Crippen molar-refractivity contribution in [2.75, 3.05) is 0 Å². The highest BCUT2D eigenvalue weighted by molar-refractivity contribution is 7.89. The van der Waals surface area contributed by atoms with Crippen LogP contribution in [-0.2, 0) is 15.6 Å². The van der Waals surface area contributed by atoms with Crippen LogP contribution in [-0.4, -0.2) is 13.6 Å². The Hall–Kier alpha value is -2.44. The number of nitrogens with zero attached hydrogens (tertiary/aromatic N) is 1. The molecule has 0 saturated heterocycles. The molecule has 1 N–H and O–H groups in total. The van der Waals surface area contributed by atoms with Gasteiger partial charge in [0.25, 0.3) is 0 Å². The molecule has 6 heteroatoms. The molecule has 0 spiro atoms. The van der Waals surface area contributed by atoms with Crippen molar-refractivity contribution in [1.82, 2.24) is 9.88 Å². The predicted molar refractivity (Wildman–Crippen MR) is 106 cm³/mol. The monoisotopic (exact) mass is 384 g/mol. The molecule has 0 bridgehead atoms. The third kappa shape index (κ3) is 3.96. The average Bonchev–Trinajstić information content (AvgIpc) is 2.93. The van der Waals surface area contributed by atoms with Crippen LogP contribution in [0.1, 0.15) is 36.4 Å². The number of aryl methyl sites for hydroxylation is 3. The second-order valence-corrected chi connectivity index (χ2v) is 9.01. The van der Waals surface area contributed by atoms with Gasteiger partial charge in [-0.2, -0.15) is 0 Å². The van der Waals surface area contributed by atoms with Gasteiger partial charge in [0.1, 0.15) is 5.76 Å². The van der Waals surface area contributed by atoms with E-state index in [4.69, 9.17) is 4.52 Å². The van der Waals surface area contributed by atoms with E-state index in [1.54, 1.807) is 18.2 Å². The van der Waals surface area contributed by atoms with Gasteiger partial charge in [-0.1, -0.05) is 35.5 Å². The lowest BCUT2D eigenvalue weighted by Crippen LogP contribution is -2.40. The van der Waals surface area contributed by atoms with Crippen LogP contribution >= 0.6 is 0 Å². The zero-order valence-corrected chi connectivity index (χ0v) is 17.0. The van der Waals surface area contributed by atoms with E-state index in [9.17, 15) is 8.42 Å². The molecule has 0 atom stereocenters. The summed E-state index contributed by atoms with van der Waals surface area (Å²) in [5.74, 6) is 0.739. The first-order valence-corrected chi connectivity index (χ1v) is 10.2. The fourth-order valence-electron chi connectivity index (χ4n) is 3.19. The maximum Gasteiger partial charge on any atom is 0.241 e. The first kappa shape index (κ1) is 19.3. The lowest BCUT2D eigenvalue weighted by molar-refractivity contribution is 0.393. The number of aromatic nitrogens is 1. The van der Waals surface area contributed by atoms with Gasteiger partial charge in [0, 0.05) is 5.56 Å². The van der Waals surface area contributed by atoms with Gasteiger partial charge in [-0.3, -0.25) is 0 Å². The van der Waals surface area contributed by atoms with Crippen LogP contribution in [0.4, 0.5) is 0 Å². The topological polar surface area (TPSA) is 72.2 Å². The van der Waals surface area contributed by atoms with Gasteiger partial charge in [0.2, 0.25) is 10.0 Å². The minimum Gasteiger partial charge on any atom is -0.361 e. The minimum atomic E-state index is -3.65. The fraction of sp³-hybridized carbons (Fsp3) is 0.286. The molecular formula is C21H24N2O3S. The molecule has 1 aromatic heterocycles. The highest BCUT2D eigenvalue weighted by Gasteiger charge is 2.28. The lowest BCUT2D eigenvalue weighted by Gasteiger charge is -2.27. The number of sulfonamides is 1. The summed E-state index contributed by atoms with van der Waals surface area (Å²) in [4.78, 5) is 0.262. The van der Waals surface area contributed by atoms with E-state index in [2.05, 4.69) is 9.88 Å². The molecule has 27 heavy (non-hydrogen) atoms. The highest BCUT2D eigenvalue weighted by atomic mass is 32.2. The Morgan fingerprint density at radius 3 is 2.33 bits per heavy atom. The van der Waals surface area contributed by atoms with Crippen LogP contribution in [0, 0.1) is 20.8 Å². The van der Waals surface area contributed by atoms with E-state index in [0.717, 1.165) is 33.7 Å². The van der Waals surface area contributed by atoms with E-state index in [0.29, 0.717) is 0 Å². The highest BCUT2D eigenvalue weighted by Crippen LogP contribution is 2.31. The summed E-state index contributed by atoms with van der Waals surface area (Å²) in [6.45, 7) is 9.34. The molecule has 0 saturated carbocycles. The number of rotatable bonds is 5. The number of nitrogens with one attached hydrogen (secondary N) is 1. The SMILES string of the molecule is Cc1cccc(S(=O)(=O)NC(C)(C)c2cccc(-c3c(C)noc3C)c2)c1. The summed E-state index contributed by atoms with van der Waals surface area (Å²) in [7, 11) is -3.65. The minimum absolute atomic E-state index is 0.262. The quantitative estimate of drug-likeness (QED) is 0.704. The molecule has 0 aliphatic rings. The molecule has 5 nitrogen and oxygen atoms in total. The smallest absolute Gasteiger partial charge is 0.241 e. The molecular weight excluding hydrogens is 360 g/mol. The summed E-state index contributed by atoms with van der Waals surface area (Å²) < 4.78 is 33.8. The molecule has 2 aromatic carbocycles. The third-order valence-electron chi connectivity index (χ3n) is 4.60. The largest absolute Gasteiger partial charge is 0.361 e. The Morgan fingerprint density at radius 1 is 1.00 bits per heavy atom. The Morgan fingerprint density at radius 2 is 1.70 bits per heavy atom. The Labute approximate surface area is 160 Å². The van der Waals surface area contributed by atoms with Gasteiger partial charge in [0.05, 0.1) is 16.1 Å². The third-order valence-corrected chi connectivity index (χ3v) is 6.25. The van der Waals surface area contributed by atoms with E-state index in [1.807, 2.05) is 65.0 Å². The van der Waals surface area contributed by atoms with Crippen molar-refractivity contribution in [3.63, 3.8) is 0 Å². The van der Waals surface area contributed by atoms with Gasteiger partial charge >= 0.3 is 0 Å². The van der Waals surface area contributed by atoms with Crippen LogP contribution in [0.25, 0.3) is 11.1 Å². The van der Waals surface area contributed by atoms with E-state index >= 15 is 0 Å². The van der Waals surface area contributed by atoms with Crippen molar-refractivity contribution in [2.45, 2.75) is 45.1 Å². The van der Waals surface area contributed by atoms with Crippen molar-refractivity contribution in [2.24, 2.45) is 0 Å². The zero-order chi connectivity index (χ0) is 19.8. The van der Waals surface area contributed by atoms with Crippen LogP contribution < -0.4 is 4.72 Å². The summed E-state index contributed by atoms with van der Waals surface area (Å²) in [6.07, 6.45) is 0. The molecule has 0 radical (unpaired) electrons. The second-order valence-electron chi connectivity index (χ2n) is 7.33. The van der Waals surface area contributed by atoms with E-state index in [-0.39, 0.29) is 4.90 Å². The predicted octanol–water partition coefficient (Wildman–Crippen LogP) is 4.48. The summed E-state index contributed by atoms with van der Waals surface area (Å²) in [6, 6.07) is 14.7. The van der Waals surface area contributed by atoms with E-state index in [1.165, 1.54) is 0 Å². The Kier molecular flexibility index (Phi) is 4.97. The summed E-state index contributed by atoms with van der Waals surface area (Å²) in [5.41, 5.74) is 3.66. The normalized spacial score (nSPS) is 12.3. The maximum absolute atomic E-state index is 12.9. The molecule has 0 unspecified atom stereocenters. The first-order valence-electron chi connectivity index (χ1n) is 8.74. The van der Waals surface area contributed by atoms with E-state index < -0.39 is 15.6 Å². The van der Waals surface area contributed by atoms with Gasteiger partial charge in [-0.05, 0) is 69.5 Å². The van der Waals surface area contributed by atoms with Gasteiger partial charge in [-0.15, -0.1) is 0 Å².